The zero-order chi connectivity index (χ0) is 14.4. The minimum atomic E-state index is -0.616. The van der Waals surface area contributed by atoms with Gasteiger partial charge < -0.3 is 4.74 Å². The van der Waals surface area contributed by atoms with Crippen LogP contribution in [-0.2, 0) is 10.3 Å². The molecular formula is C18H21NO. The smallest absolute Gasteiger partial charge is 0.182 e. The van der Waals surface area contributed by atoms with Crippen LogP contribution in [0.15, 0.2) is 60.7 Å². The van der Waals surface area contributed by atoms with Crippen LogP contribution in [0.1, 0.15) is 37.8 Å². The highest BCUT2D eigenvalue weighted by molar-refractivity contribution is 5.73. The molecule has 0 amide bonds. The lowest BCUT2D eigenvalue weighted by Crippen LogP contribution is -2.30. The first-order chi connectivity index (χ1) is 9.66. The Labute approximate surface area is 120 Å². The van der Waals surface area contributed by atoms with E-state index < -0.39 is 5.60 Å². The van der Waals surface area contributed by atoms with Crippen molar-refractivity contribution < 1.29 is 4.74 Å². The Morgan fingerprint density at radius 1 is 0.950 bits per heavy atom. The predicted molar refractivity (Wildman–Crippen MR) is 83.1 cm³/mol. The fourth-order valence-corrected chi connectivity index (χ4v) is 2.32. The largest absolute Gasteiger partial charge is 0.465 e. The zero-order valence-electron chi connectivity index (χ0n) is 12.1. The molecule has 0 heterocycles. The van der Waals surface area contributed by atoms with Gasteiger partial charge in [0.15, 0.2) is 11.5 Å². The van der Waals surface area contributed by atoms with Crippen molar-refractivity contribution in [3.05, 3.63) is 71.8 Å². The van der Waals surface area contributed by atoms with Gasteiger partial charge in [0.05, 0.1) is 0 Å². The molecule has 2 rings (SSSR count). The van der Waals surface area contributed by atoms with E-state index >= 15 is 0 Å². The molecule has 1 N–H and O–H groups in total. The Bertz CT molecular complexity index is 509. The molecule has 2 aromatic rings. The van der Waals surface area contributed by atoms with E-state index in [2.05, 4.69) is 6.92 Å². The van der Waals surface area contributed by atoms with Crippen LogP contribution in [0.2, 0.25) is 0 Å². The molecule has 0 aliphatic heterocycles. The van der Waals surface area contributed by atoms with Crippen molar-refractivity contribution in [1.29, 1.82) is 5.41 Å². The van der Waals surface area contributed by atoms with Crippen LogP contribution in [0, 0.1) is 5.41 Å². The second-order valence-corrected chi connectivity index (χ2v) is 5.04. The quantitative estimate of drug-likeness (QED) is 0.615. The molecule has 0 saturated heterocycles. The van der Waals surface area contributed by atoms with E-state index in [9.17, 15) is 0 Å². The van der Waals surface area contributed by atoms with Gasteiger partial charge in [-0.25, -0.2) is 0 Å². The number of ether oxygens (including phenoxy) is 1. The van der Waals surface area contributed by atoms with Crippen LogP contribution >= 0.6 is 0 Å². The van der Waals surface area contributed by atoms with Crippen LogP contribution in [0.25, 0.3) is 0 Å². The average Bonchev–Trinajstić information content (AvgIpc) is 2.49. The topological polar surface area (TPSA) is 33.1 Å². The molecule has 0 saturated carbocycles. The molecule has 0 bridgehead atoms. The number of nitrogens with one attached hydrogen (secondary N) is 1. The van der Waals surface area contributed by atoms with Gasteiger partial charge in [0.1, 0.15) is 0 Å². The van der Waals surface area contributed by atoms with Crippen molar-refractivity contribution >= 4 is 5.90 Å². The maximum absolute atomic E-state index is 8.02. The summed E-state index contributed by atoms with van der Waals surface area (Å²) in [7, 11) is 0. The highest BCUT2D eigenvalue weighted by Gasteiger charge is 2.31. The van der Waals surface area contributed by atoms with Crippen molar-refractivity contribution in [2.45, 2.75) is 32.3 Å². The SMILES string of the molecule is CCCC(=N)OC(C)(c1ccccc1)c1ccccc1. The van der Waals surface area contributed by atoms with E-state index in [1.807, 2.05) is 67.6 Å². The molecule has 0 aliphatic rings. The molecule has 2 nitrogen and oxygen atoms in total. The van der Waals surface area contributed by atoms with Gasteiger partial charge in [-0.1, -0.05) is 67.6 Å². The molecule has 0 fully saturated rings. The molecule has 0 unspecified atom stereocenters. The van der Waals surface area contributed by atoms with Gasteiger partial charge in [0.2, 0.25) is 0 Å². The minimum Gasteiger partial charge on any atom is -0.465 e. The highest BCUT2D eigenvalue weighted by atomic mass is 16.5. The first kappa shape index (κ1) is 14.3. The molecule has 0 aromatic heterocycles. The normalized spacial score (nSPS) is 11.1. The lowest BCUT2D eigenvalue weighted by Gasteiger charge is -2.32. The van der Waals surface area contributed by atoms with E-state index in [4.69, 9.17) is 10.1 Å². The summed E-state index contributed by atoms with van der Waals surface area (Å²) in [6, 6.07) is 20.2. The van der Waals surface area contributed by atoms with Crippen molar-refractivity contribution in [3.8, 4) is 0 Å². The summed E-state index contributed by atoms with van der Waals surface area (Å²) in [6.07, 6.45) is 1.58. The lowest BCUT2D eigenvalue weighted by atomic mass is 9.88. The van der Waals surface area contributed by atoms with Gasteiger partial charge in [-0.15, -0.1) is 0 Å². The molecule has 104 valence electrons. The van der Waals surface area contributed by atoms with Gasteiger partial charge in [0, 0.05) is 6.42 Å². The second kappa shape index (κ2) is 6.38. The Morgan fingerprint density at radius 2 is 1.40 bits per heavy atom. The van der Waals surface area contributed by atoms with Gasteiger partial charge >= 0.3 is 0 Å². The van der Waals surface area contributed by atoms with Crippen molar-refractivity contribution in [2.24, 2.45) is 0 Å². The summed E-state index contributed by atoms with van der Waals surface area (Å²) in [5, 5.41) is 8.02. The van der Waals surface area contributed by atoms with E-state index in [-0.39, 0.29) is 0 Å². The van der Waals surface area contributed by atoms with E-state index in [0.29, 0.717) is 12.3 Å². The van der Waals surface area contributed by atoms with Crippen LogP contribution in [-0.4, -0.2) is 5.90 Å². The maximum Gasteiger partial charge on any atom is 0.182 e. The summed E-state index contributed by atoms with van der Waals surface area (Å²) in [4.78, 5) is 0. The van der Waals surface area contributed by atoms with Gasteiger partial charge in [0.25, 0.3) is 0 Å². The third kappa shape index (κ3) is 3.08. The second-order valence-electron chi connectivity index (χ2n) is 5.04. The minimum absolute atomic E-state index is 0.336. The van der Waals surface area contributed by atoms with E-state index in [1.165, 1.54) is 0 Å². The van der Waals surface area contributed by atoms with Gasteiger partial charge in [-0.2, -0.15) is 0 Å². The number of hydrogen-bond acceptors (Lipinski definition) is 2. The molecule has 0 spiro atoms. The summed E-state index contributed by atoms with van der Waals surface area (Å²) < 4.78 is 6.03. The Hall–Kier alpha value is -2.09. The van der Waals surface area contributed by atoms with E-state index in [1.54, 1.807) is 0 Å². The van der Waals surface area contributed by atoms with Crippen LogP contribution in [0.5, 0.6) is 0 Å². The number of benzene rings is 2. The fourth-order valence-electron chi connectivity index (χ4n) is 2.32. The Kier molecular flexibility index (Phi) is 4.57. The predicted octanol–water partition coefficient (Wildman–Crippen LogP) is 4.74. The molecule has 0 atom stereocenters. The Morgan fingerprint density at radius 3 is 1.80 bits per heavy atom. The highest BCUT2D eigenvalue weighted by Crippen LogP contribution is 2.33. The van der Waals surface area contributed by atoms with Crippen molar-refractivity contribution in [2.75, 3.05) is 0 Å². The summed E-state index contributed by atoms with van der Waals surface area (Å²) in [5.41, 5.74) is 1.51. The molecular weight excluding hydrogens is 246 g/mol. The first-order valence-corrected chi connectivity index (χ1v) is 7.04. The van der Waals surface area contributed by atoms with Crippen LogP contribution < -0.4 is 0 Å². The molecule has 2 aromatic carbocycles. The summed E-state index contributed by atoms with van der Waals surface area (Å²) >= 11 is 0. The van der Waals surface area contributed by atoms with Crippen molar-refractivity contribution in [1.82, 2.24) is 0 Å². The molecule has 0 aliphatic carbocycles. The summed E-state index contributed by atoms with van der Waals surface area (Å²) in [5.74, 6) is 0.336. The van der Waals surface area contributed by atoms with Crippen LogP contribution in [0.4, 0.5) is 0 Å². The number of rotatable bonds is 5. The van der Waals surface area contributed by atoms with Crippen LogP contribution in [0.3, 0.4) is 0 Å². The molecule has 0 radical (unpaired) electrons. The fraction of sp³-hybridized carbons (Fsp3) is 0.278. The maximum atomic E-state index is 8.02. The average molecular weight is 267 g/mol. The van der Waals surface area contributed by atoms with Crippen molar-refractivity contribution in [3.63, 3.8) is 0 Å². The first-order valence-electron chi connectivity index (χ1n) is 7.04. The zero-order valence-corrected chi connectivity index (χ0v) is 12.1. The Balaban J connectivity index is 2.41. The van der Waals surface area contributed by atoms with E-state index in [0.717, 1.165) is 17.5 Å². The third-order valence-corrected chi connectivity index (χ3v) is 3.45. The van der Waals surface area contributed by atoms with Gasteiger partial charge in [-0.05, 0) is 24.5 Å². The van der Waals surface area contributed by atoms with Gasteiger partial charge in [-0.3, -0.25) is 5.41 Å². The lowest BCUT2D eigenvalue weighted by molar-refractivity contribution is 0.111. The number of hydrogen-bond donors (Lipinski definition) is 1. The third-order valence-electron chi connectivity index (χ3n) is 3.45. The monoisotopic (exact) mass is 267 g/mol. The summed E-state index contributed by atoms with van der Waals surface area (Å²) in [6.45, 7) is 4.09. The molecule has 2 heteroatoms. The standard InChI is InChI=1S/C18H21NO/c1-3-10-17(19)20-18(2,15-11-6-4-7-12-15)16-13-8-5-9-14-16/h4-9,11-14,19H,3,10H2,1-2H3. The molecule has 20 heavy (non-hydrogen) atoms.